The Morgan fingerprint density at radius 1 is 1.37 bits per heavy atom. The lowest BCUT2D eigenvalue weighted by atomic mass is 9.91. The Morgan fingerprint density at radius 3 is 2.68 bits per heavy atom. The van der Waals surface area contributed by atoms with Crippen molar-refractivity contribution in [1.82, 2.24) is 5.32 Å². The lowest BCUT2D eigenvalue weighted by Crippen LogP contribution is -2.64. The molecular weight excluding hydrogens is 236 g/mol. The van der Waals surface area contributed by atoms with Gasteiger partial charge in [0.15, 0.2) is 0 Å². The van der Waals surface area contributed by atoms with Crippen molar-refractivity contribution in [3.63, 3.8) is 0 Å². The zero-order valence-corrected chi connectivity index (χ0v) is 12.5. The van der Waals surface area contributed by atoms with Crippen molar-refractivity contribution in [3.8, 4) is 0 Å². The first-order valence-corrected chi connectivity index (χ1v) is 7.17. The Kier molecular flexibility index (Phi) is 4.16. The summed E-state index contributed by atoms with van der Waals surface area (Å²) in [6.07, 6.45) is 0. The maximum atomic E-state index is 9.70. The van der Waals surface area contributed by atoms with E-state index >= 15 is 0 Å². The van der Waals surface area contributed by atoms with E-state index in [4.69, 9.17) is 0 Å². The molecule has 0 amide bonds. The normalized spacial score (nSPS) is 22.8. The second-order valence-electron chi connectivity index (χ2n) is 6.36. The Morgan fingerprint density at radius 2 is 2.05 bits per heavy atom. The fourth-order valence-corrected chi connectivity index (χ4v) is 3.08. The molecular formula is C16H26N2O. The Balaban J connectivity index is 2.47. The fourth-order valence-electron chi connectivity index (χ4n) is 3.08. The molecule has 1 aliphatic heterocycles. The molecule has 1 fully saturated rings. The third-order valence-electron chi connectivity index (χ3n) is 3.98. The summed E-state index contributed by atoms with van der Waals surface area (Å²) in [5, 5.41) is 13.1. The molecule has 2 rings (SSSR count). The first-order chi connectivity index (χ1) is 8.97. The van der Waals surface area contributed by atoms with Crippen molar-refractivity contribution in [2.24, 2.45) is 0 Å². The molecule has 19 heavy (non-hydrogen) atoms. The largest absolute Gasteiger partial charge is 0.394 e. The van der Waals surface area contributed by atoms with Crippen LogP contribution in [0.5, 0.6) is 0 Å². The van der Waals surface area contributed by atoms with E-state index in [0.717, 1.165) is 13.1 Å². The lowest BCUT2D eigenvalue weighted by molar-refractivity contribution is 0.212. The van der Waals surface area contributed by atoms with Gasteiger partial charge in [-0.3, -0.25) is 0 Å². The Hall–Kier alpha value is -1.06. The summed E-state index contributed by atoms with van der Waals surface area (Å²) >= 11 is 0. The molecule has 0 aliphatic carbocycles. The number of rotatable bonds is 3. The molecule has 0 bridgehead atoms. The van der Waals surface area contributed by atoms with Crippen LogP contribution in [-0.2, 0) is 0 Å². The minimum Gasteiger partial charge on any atom is -0.394 e. The van der Waals surface area contributed by atoms with Crippen LogP contribution in [0.3, 0.4) is 0 Å². The number of anilines is 1. The third kappa shape index (κ3) is 2.77. The maximum absolute atomic E-state index is 9.70. The van der Waals surface area contributed by atoms with Gasteiger partial charge < -0.3 is 15.3 Å². The molecule has 0 aromatic heterocycles. The molecule has 0 saturated carbocycles. The number of hydrogen-bond acceptors (Lipinski definition) is 3. The predicted molar refractivity (Wildman–Crippen MR) is 80.8 cm³/mol. The minimum absolute atomic E-state index is 0.0106. The van der Waals surface area contributed by atoms with Crippen molar-refractivity contribution in [2.75, 3.05) is 24.6 Å². The summed E-state index contributed by atoms with van der Waals surface area (Å²) in [5.74, 6) is 0.487. The van der Waals surface area contributed by atoms with Crippen LogP contribution in [0.1, 0.15) is 39.2 Å². The molecule has 2 N–H and O–H groups in total. The molecule has 3 heteroatoms. The molecule has 0 radical (unpaired) electrons. The highest BCUT2D eigenvalue weighted by molar-refractivity contribution is 5.58. The summed E-state index contributed by atoms with van der Waals surface area (Å²) in [6.45, 7) is 10.9. The molecule has 1 aromatic carbocycles. The standard InChI is InChI=1S/C16H26N2O/c1-12(2)14-7-5-6-8-15(14)18-13(10-19)9-17-11-16(18,3)4/h5-8,12-13,17,19H,9-11H2,1-4H3. The van der Waals surface area contributed by atoms with Gasteiger partial charge in [-0.15, -0.1) is 0 Å². The Labute approximate surface area is 116 Å². The quantitative estimate of drug-likeness (QED) is 0.878. The highest BCUT2D eigenvalue weighted by Gasteiger charge is 2.37. The summed E-state index contributed by atoms with van der Waals surface area (Å²) in [7, 11) is 0. The molecule has 1 aliphatic rings. The van der Waals surface area contributed by atoms with Gasteiger partial charge in [-0.05, 0) is 31.4 Å². The van der Waals surface area contributed by atoms with Gasteiger partial charge in [-0.1, -0.05) is 32.0 Å². The minimum atomic E-state index is 0.0106. The van der Waals surface area contributed by atoms with Gasteiger partial charge in [0.25, 0.3) is 0 Å². The Bertz CT molecular complexity index is 429. The average Bonchev–Trinajstić information content (AvgIpc) is 2.37. The van der Waals surface area contributed by atoms with Crippen molar-refractivity contribution < 1.29 is 5.11 Å². The van der Waals surface area contributed by atoms with Crippen molar-refractivity contribution >= 4 is 5.69 Å². The molecule has 1 unspecified atom stereocenters. The van der Waals surface area contributed by atoms with E-state index in [1.807, 2.05) is 0 Å². The van der Waals surface area contributed by atoms with E-state index in [-0.39, 0.29) is 18.2 Å². The number of hydrogen-bond donors (Lipinski definition) is 2. The second kappa shape index (κ2) is 5.51. The topological polar surface area (TPSA) is 35.5 Å². The molecule has 1 atom stereocenters. The zero-order valence-electron chi connectivity index (χ0n) is 12.5. The van der Waals surface area contributed by atoms with E-state index in [1.165, 1.54) is 11.3 Å². The van der Waals surface area contributed by atoms with Crippen LogP contribution in [0.25, 0.3) is 0 Å². The van der Waals surface area contributed by atoms with Crippen LogP contribution in [0.2, 0.25) is 0 Å². The summed E-state index contributed by atoms with van der Waals surface area (Å²) in [6, 6.07) is 8.72. The monoisotopic (exact) mass is 262 g/mol. The SMILES string of the molecule is CC(C)c1ccccc1N1C(CO)CNCC1(C)C. The van der Waals surface area contributed by atoms with Crippen LogP contribution in [0, 0.1) is 0 Å². The first-order valence-electron chi connectivity index (χ1n) is 7.17. The van der Waals surface area contributed by atoms with Gasteiger partial charge in [0, 0.05) is 24.3 Å². The van der Waals surface area contributed by atoms with Crippen molar-refractivity contribution in [1.29, 1.82) is 0 Å². The van der Waals surface area contributed by atoms with Crippen LogP contribution in [-0.4, -0.2) is 36.4 Å². The predicted octanol–water partition coefficient (Wildman–Crippen LogP) is 2.36. The molecule has 1 heterocycles. The van der Waals surface area contributed by atoms with Crippen LogP contribution < -0.4 is 10.2 Å². The number of piperazine rings is 1. The van der Waals surface area contributed by atoms with E-state index in [2.05, 4.69) is 62.2 Å². The fraction of sp³-hybridized carbons (Fsp3) is 0.625. The van der Waals surface area contributed by atoms with Gasteiger partial charge in [-0.2, -0.15) is 0 Å². The molecule has 1 aromatic rings. The first kappa shape index (κ1) is 14.4. The smallest absolute Gasteiger partial charge is 0.0651 e. The second-order valence-corrected chi connectivity index (χ2v) is 6.36. The number of nitrogens with zero attached hydrogens (tertiary/aromatic N) is 1. The van der Waals surface area contributed by atoms with Crippen molar-refractivity contribution in [2.45, 2.75) is 45.2 Å². The van der Waals surface area contributed by atoms with Gasteiger partial charge in [0.1, 0.15) is 0 Å². The summed E-state index contributed by atoms with van der Waals surface area (Å²) in [4.78, 5) is 2.40. The van der Waals surface area contributed by atoms with Gasteiger partial charge in [0.05, 0.1) is 12.6 Å². The summed E-state index contributed by atoms with van der Waals surface area (Å²) < 4.78 is 0. The van der Waals surface area contributed by atoms with Crippen molar-refractivity contribution in [3.05, 3.63) is 29.8 Å². The molecule has 106 valence electrons. The number of benzene rings is 1. The van der Waals surface area contributed by atoms with E-state index in [9.17, 15) is 5.11 Å². The van der Waals surface area contributed by atoms with E-state index in [1.54, 1.807) is 0 Å². The van der Waals surface area contributed by atoms with E-state index in [0.29, 0.717) is 5.92 Å². The number of nitrogens with one attached hydrogen (secondary N) is 1. The van der Waals surface area contributed by atoms with Crippen LogP contribution >= 0.6 is 0 Å². The van der Waals surface area contributed by atoms with Gasteiger partial charge in [0.2, 0.25) is 0 Å². The van der Waals surface area contributed by atoms with E-state index < -0.39 is 0 Å². The zero-order chi connectivity index (χ0) is 14.0. The van der Waals surface area contributed by atoms with Gasteiger partial charge in [-0.25, -0.2) is 0 Å². The maximum Gasteiger partial charge on any atom is 0.0651 e. The molecule has 1 saturated heterocycles. The number of aliphatic hydroxyl groups excluding tert-OH is 1. The van der Waals surface area contributed by atoms with Crippen LogP contribution in [0.15, 0.2) is 24.3 Å². The highest BCUT2D eigenvalue weighted by atomic mass is 16.3. The highest BCUT2D eigenvalue weighted by Crippen LogP contribution is 2.34. The molecule has 3 nitrogen and oxygen atoms in total. The third-order valence-corrected chi connectivity index (χ3v) is 3.98. The average molecular weight is 262 g/mol. The summed E-state index contributed by atoms with van der Waals surface area (Å²) in [5.41, 5.74) is 2.63. The van der Waals surface area contributed by atoms with Gasteiger partial charge >= 0.3 is 0 Å². The lowest BCUT2D eigenvalue weighted by Gasteiger charge is -2.50. The van der Waals surface area contributed by atoms with Crippen LogP contribution in [0.4, 0.5) is 5.69 Å². The number of para-hydroxylation sites is 1. The number of aliphatic hydroxyl groups is 1. The molecule has 0 spiro atoms.